The molecular weight excluding hydrogens is 316 g/mol. The van der Waals surface area contributed by atoms with E-state index in [2.05, 4.69) is 0 Å². The zero-order valence-electron chi connectivity index (χ0n) is 14.5. The van der Waals surface area contributed by atoms with Crippen molar-refractivity contribution < 1.29 is 19.4 Å². The van der Waals surface area contributed by atoms with Gasteiger partial charge in [-0.2, -0.15) is 0 Å². The molecule has 130 valence electrons. The molecule has 25 heavy (non-hydrogen) atoms. The predicted octanol–water partition coefficient (Wildman–Crippen LogP) is 4.07. The van der Waals surface area contributed by atoms with E-state index < -0.39 is 11.4 Å². The molecule has 0 aliphatic heterocycles. The van der Waals surface area contributed by atoms with Gasteiger partial charge in [0.25, 0.3) is 0 Å². The number of methoxy groups -OCH3 is 1. The van der Waals surface area contributed by atoms with Crippen LogP contribution in [0.15, 0.2) is 48.5 Å². The van der Waals surface area contributed by atoms with Gasteiger partial charge in [0.2, 0.25) is 0 Å². The summed E-state index contributed by atoms with van der Waals surface area (Å²) in [5.41, 5.74) is 2.74. The zero-order chi connectivity index (χ0) is 18.0. The van der Waals surface area contributed by atoms with Crippen LogP contribution in [0.1, 0.15) is 52.2 Å². The maximum absolute atomic E-state index is 12.1. The summed E-state index contributed by atoms with van der Waals surface area (Å²) in [4.78, 5) is 23.7. The Morgan fingerprint density at radius 1 is 1.08 bits per heavy atom. The summed E-state index contributed by atoms with van der Waals surface area (Å²) in [5.74, 6) is -0.952. The molecule has 1 aliphatic carbocycles. The number of aryl methyl sites for hydroxylation is 1. The second-order valence-corrected chi connectivity index (χ2v) is 6.81. The molecule has 0 aromatic heterocycles. The van der Waals surface area contributed by atoms with Crippen LogP contribution in [0, 0.1) is 6.92 Å². The van der Waals surface area contributed by atoms with E-state index in [0.717, 1.165) is 23.1 Å². The van der Waals surface area contributed by atoms with E-state index in [1.807, 2.05) is 43.3 Å². The maximum atomic E-state index is 12.1. The second kappa shape index (κ2) is 6.71. The topological polar surface area (TPSA) is 63.6 Å². The summed E-state index contributed by atoms with van der Waals surface area (Å²) >= 11 is 0. The first-order chi connectivity index (χ1) is 12.0. The van der Waals surface area contributed by atoms with Crippen LogP contribution in [0.5, 0.6) is 0 Å². The number of esters is 1. The van der Waals surface area contributed by atoms with Gasteiger partial charge in [0.1, 0.15) is 0 Å². The van der Waals surface area contributed by atoms with Gasteiger partial charge in [0.05, 0.1) is 18.1 Å². The van der Waals surface area contributed by atoms with E-state index in [1.54, 1.807) is 12.1 Å². The molecule has 0 radical (unpaired) electrons. The first-order valence-corrected chi connectivity index (χ1v) is 8.45. The number of rotatable bonds is 4. The van der Waals surface area contributed by atoms with Gasteiger partial charge in [-0.25, -0.2) is 4.79 Å². The van der Waals surface area contributed by atoms with Crippen LogP contribution < -0.4 is 0 Å². The van der Waals surface area contributed by atoms with Crippen molar-refractivity contribution in [2.75, 3.05) is 7.11 Å². The number of benzene rings is 2. The highest BCUT2D eigenvalue weighted by atomic mass is 16.5. The van der Waals surface area contributed by atoms with E-state index in [-0.39, 0.29) is 11.9 Å². The lowest BCUT2D eigenvalue weighted by molar-refractivity contribution is -0.143. The third-order valence-electron chi connectivity index (χ3n) is 5.33. The minimum absolute atomic E-state index is 0.170. The second-order valence-electron chi connectivity index (χ2n) is 6.81. The van der Waals surface area contributed by atoms with E-state index in [1.165, 1.54) is 7.11 Å². The summed E-state index contributed by atoms with van der Waals surface area (Å²) in [6.45, 7) is 2.00. The minimum atomic E-state index is -0.834. The van der Waals surface area contributed by atoms with Crippen molar-refractivity contribution in [1.82, 2.24) is 0 Å². The van der Waals surface area contributed by atoms with Crippen molar-refractivity contribution in [2.24, 2.45) is 0 Å². The highest BCUT2D eigenvalue weighted by molar-refractivity contribution is 5.89. The third-order valence-corrected chi connectivity index (χ3v) is 5.33. The minimum Gasteiger partial charge on any atom is -0.481 e. The monoisotopic (exact) mass is 338 g/mol. The number of carboxylic acid groups (broad SMARTS) is 1. The van der Waals surface area contributed by atoms with Crippen molar-refractivity contribution in [3.05, 3.63) is 70.8 Å². The third kappa shape index (κ3) is 3.16. The molecule has 2 atom stereocenters. The Morgan fingerprint density at radius 3 is 2.28 bits per heavy atom. The van der Waals surface area contributed by atoms with Gasteiger partial charge in [-0.3, -0.25) is 4.79 Å². The zero-order valence-corrected chi connectivity index (χ0v) is 14.5. The smallest absolute Gasteiger partial charge is 0.337 e. The molecule has 0 heterocycles. The Balaban J connectivity index is 1.86. The molecule has 1 saturated carbocycles. The molecule has 0 bridgehead atoms. The van der Waals surface area contributed by atoms with Crippen molar-refractivity contribution in [3.8, 4) is 0 Å². The van der Waals surface area contributed by atoms with Crippen LogP contribution in [-0.2, 0) is 14.9 Å². The van der Waals surface area contributed by atoms with Crippen molar-refractivity contribution in [1.29, 1.82) is 0 Å². The fourth-order valence-electron chi connectivity index (χ4n) is 3.79. The number of hydrogen-bond donors (Lipinski definition) is 1. The Hall–Kier alpha value is -2.62. The Labute approximate surface area is 147 Å². The number of carboxylic acids is 1. The van der Waals surface area contributed by atoms with E-state index in [0.29, 0.717) is 18.4 Å². The Kier molecular flexibility index (Phi) is 4.62. The molecule has 2 aromatic carbocycles. The number of hydrogen-bond acceptors (Lipinski definition) is 3. The molecule has 3 rings (SSSR count). The maximum Gasteiger partial charge on any atom is 0.337 e. The van der Waals surface area contributed by atoms with Crippen molar-refractivity contribution >= 4 is 11.9 Å². The number of carbonyl (C=O) groups excluding carboxylic acids is 1. The van der Waals surface area contributed by atoms with Crippen LogP contribution in [0.2, 0.25) is 0 Å². The first kappa shape index (κ1) is 17.2. The van der Waals surface area contributed by atoms with E-state index in [9.17, 15) is 14.7 Å². The first-order valence-electron chi connectivity index (χ1n) is 8.45. The van der Waals surface area contributed by atoms with Gasteiger partial charge in [0.15, 0.2) is 0 Å². The highest BCUT2D eigenvalue weighted by Crippen LogP contribution is 2.48. The molecule has 1 fully saturated rings. The fraction of sp³-hybridized carbons (Fsp3) is 0.333. The Bertz CT molecular complexity index is 777. The molecule has 1 N–H and O–H groups in total. The lowest BCUT2D eigenvalue weighted by atomic mass is 9.77. The fourth-order valence-corrected chi connectivity index (χ4v) is 3.79. The number of carbonyl (C=O) groups is 2. The van der Waals surface area contributed by atoms with Gasteiger partial charge in [-0.1, -0.05) is 42.0 Å². The highest BCUT2D eigenvalue weighted by Gasteiger charge is 2.47. The molecule has 1 aliphatic rings. The summed E-state index contributed by atoms with van der Waals surface area (Å²) in [6.07, 6.45) is 2.01. The average molecular weight is 338 g/mol. The number of aliphatic carboxylic acids is 1. The van der Waals surface area contributed by atoms with Crippen molar-refractivity contribution in [2.45, 2.75) is 37.5 Å². The van der Waals surface area contributed by atoms with Crippen LogP contribution in [0.3, 0.4) is 0 Å². The SMILES string of the molecule is COC(=O)c1ccc(C2CCC(C(=O)O)(c3ccc(C)cc3)C2)cc1. The van der Waals surface area contributed by atoms with Gasteiger partial charge < -0.3 is 9.84 Å². The normalized spacial score (nSPS) is 22.6. The summed E-state index contributed by atoms with van der Waals surface area (Å²) in [5, 5.41) is 9.94. The van der Waals surface area contributed by atoms with Gasteiger partial charge in [0, 0.05) is 0 Å². The standard InChI is InChI=1S/C21H22O4/c1-14-3-9-18(10-4-14)21(20(23)24)12-11-17(13-21)15-5-7-16(8-6-15)19(22)25-2/h3-10,17H,11-13H2,1-2H3,(H,23,24). The molecule has 2 aromatic rings. The van der Waals surface area contributed by atoms with Crippen LogP contribution in [0.25, 0.3) is 0 Å². The largest absolute Gasteiger partial charge is 0.481 e. The molecule has 0 spiro atoms. The predicted molar refractivity (Wildman–Crippen MR) is 94.9 cm³/mol. The van der Waals surface area contributed by atoms with Gasteiger partial charge in [-0.05, 0) is 55.4 Å². The lowest BCUT2D eigenvalue weighted by Gasteiger charge is -2.25. The molecule has 2 unspecified atom stereocenters. The van der Waals surface area contributed by atoms with Gasteiger partial charge in [-0.15, -0.1) is 0 Å². The van der Waals surface area contributed by atoms with E-state index >= 15 is 0 Å². The number of ether oxygens (including phenoxy) is 1. The van der Waals surface area contributed by atoms with Gasteiger partial charge >= 0.3 is 11.9 Å². The summed E-state index contributed by atoms with van der Waals surface area (Å²) in [6, 6.07) is 15.1. The van der Waals surface area contributed by atoms with Crippen LogP contribution >= 0.6 is 0 Å². The summed E-state index contributed by atoms with van der Waals surface area (Å²) < 4.78 is 4.72. The van der Waals surface area contributed by atoms with Crippen LogP contribution in [0.4, 0.5) is 0 Å². The molecule has 0 amide bonds. The average Bonchev–Trinajstić information content (AvgIpc) is 3.08. The summed E-state index contributed by atoms with van der Waals surface area (Å²) in [7, 11) is 1.36. The van der Waals surface area contributed by atoms with E-state index in [4.69, 9.17) is 4.74 Å². The van der Waals surface area contributed by atoms with Crippen LogP contribution in [-0.4, -0.2) is 24.2 Å². The Morgan fingerprint density at radius 2 is 1.72 bits per heavy atom. The molecule has 0 saturated heterocycles. The quantitative estimate of drug-likeness (QED) is 0.854. The molecule has 4 heteroatoms. The molecular formula is C21H22O4. The lowest BCUT2D eigenvalue weighted by Crippen LogP contribution is -2.33. The van der Waals surface area contributed by atoms with Crippen molar-refractivity contribution in [3.63, 3.8) is 0 Å². The molecule has 4 nitrogen and oxygen atoms in total.